The van der Waals surface area contributed by atoms with Crippen LogP contribution in [0.3, 0.4) is 0 Å². The Labute approximate surface area is 154 Å². The quantitative estimate of drug-likeness (QED) is 0.589. The van der Waals surface area contributed by atoms with Crippen LogP contribution in [0.2, 0.25) is 5.02 Å². The van der Waals surface area contributed by atoms with Gasteiger partial charge >= 0.3 is 5.97 Å². The molecular formula is C19H16ClFO5. The van der Waals surface area contributed by atoms with E-state index in [1.165, 1.54) is 19.2 Å². The van der Waals surface area contributed by atoms with E-state index >= 15 is 0 Å². The first-order chi connectivity index (χ1) is 12.5. The SMILES string of the molecule is COc1ccc(F)cc1C(=O)COC(=O)[C@@H]1COc2ccc(Cl)cc2C1. The number of hydrogen-bond donors (Lipinski definition) is 0. The molecule has 0 saturated heterocycles. The lowest BCUT2D eigenvalue weighted by molar-refractivity contribution is -0.148. The van der Waals surface area contributed by atoms with E-state index in [1.54, 1.807) is 18.2 Å². The minimum Gasteiger partial charge on any atom is -0.496 e. The van der Waals surface area contributed by atoms with Gasteiger partial charge in [-0.25, -0.2) is 4.39 Å². The highest BCUT2D eigenvalue weighted by Gasteiger charge is 2.28. The fourth-order valence-electron chi connectivity index (χ4n) is 2.74. The summed E-state index contributed by atoms with van der Waals surface area (Å²) >= 11 is 5.96. The predicted octanol–water partition coefficient (Wildman–Crippen LogP) is 3.46. The van der Waals surface area contributed by atoms with Crippen molar-refractivity contribution in [3.05, 3.63) is 58.4 Å². The zero-order chi connectivity index (χ0) is 18.7. The van der Waals surface area contributed by atoms with Gasteiger partial charge in [-0.15, -0.1) is 0 Å². The Morgan fingerprint density at radius 3 is 2.85 bits per heavy atom. The number of halogens is 2. The van der Waals surface area contributed by atoms with Gasteiger partial charge in [-0.05, 0) is 48.4 Å². The minimum atomic E-state index is -0.574. The molecule has 0 fully saturated rings. The van der Waals surface area contributed by atoms with Crippen molar-refractivity contribution in [1.82, 2.24) is 0 Å². The molecule has 136 valence electrons. The third-order valence-corrected chi connectivity index (χ3v) is 4.30. The molecule has 1 aliphatic rings. The number of esters is 1. The highest BCUT2D eigenvalue weighted by molar-refractivity contribution is 6.30. The molecule has 1 atom stereocenters. The standard InChI is InChI=1S/C19H16ClFO5/c1-24-18-5-3-14(21)8-15(18)16(22)10-26-19(23)12-6-11-7-13(20)2-4-17(11)25-9-12/h2-5,7-8,12H,6,9-10H2,1H3/t12-/m0/s1. The topological polar surface area (TPSA) is 61.8 Å². The fourth-order valence-corrected chi connectivity index (χ4v) is 2.94. The largest absolute Gasteiger partial charge is 0.496 e. The van der Waals surface area contributed by atoms with Crippen LogP contribution in [-0.4, -0.2) is 32.1 Å². The Kier molecular flexibility index (Phi) is 5.42. The van der Waals surface area contributed by atoms with E-state index in [9.17, 15) is 14.0 Å². The van der Waals surface area contributed by atoms with Crippen molar-refractivity contribution in [3.63, 3.8) is 0 Å². The number of carbonyl (C=O) groups is 2. The van der Waals surface area contributed by atoms with Crippen molar-refractivity contribution >= 4 is 23.4 Å². The van der Waals surface area contributed by atoms with Gasteiger partial charge in [-0.2, -0.15) is 0 Å². The second-order valence-electron chi connectivity index (χ2n) is 5.84. The van der Waals surface area contributed by atoms with Crippen LogP contribution in [0.5, 0.6) is 11.5 Å². The third-order valence-electron chi connectivity index (χ3n) is 4.07. The van der Waals surface area contributed by atoms with Crippen LogP contribution in [0.15, 0.2) is 36.4 Å². The lowest BCUT2D eigenvalue weighted by atomic mass is 9.97. The molecule has 0 saturated carbocycles. The number of methoxy groups -OCH3 is 1. The van der Waals surface area contributed by atoms with Gasteiger partial charge in [0.2, 0.25) is 5.78 Å². The summed E-state index contributed by atoms with van der Waals surface area (Å²) in [4.78, 5) is 24.5. The summed E-state index contributed by atoms with van der Waals surface area (Å²) in [5.74, 6) is -1.32. The first-order valence-corrected chi connectivity index (χ1v) is 8.30. The van der Waals surface area contributed by atoms with Crippen molar-refractivity contribution in [3.8, 4) is 11.5 Å². The van der Waals surface area contributed by atoms with Crippen molar-refractivity contribution < 1.29 is 28.2 Å². The van der Waals surface area contributed by atoms with Crippen LogP contribution in [0, 0.1) is 11.7 Å². The van der Waals surface area contributed by atoms with Crippen LogP contribution in [0.1, 0.15) is 15.9 Å². The first-order valence-electron chi connectivity index (χ1n) is 7.92. The Balaban J connectivity index is 1.63. The van der Waals surface area contributed by atoms with Crippen LogP contribution >= 0.6 is 11.6 Å². The molecule has 0 amide bonds. The average Bonchev–Trinajstić information content (AvgIpc) is 2.65. The summed E-state index contributed by atoms with van der Waals surface area (Å²) in [6, 6.07) is 8.78. The van der Waals surface area contributed by atoms with Crippen LogP contribution < -0.4 is 9.47 Å². The number of carbonyl (C=O) groups excluding carboxylic acids is 2. The zero-order valence-electron chi connectivity index (χ0n) is 14.0. The van der Waals surface area contributed by atoms with Crippen LogP contribution in [0.25, 0.3) is 0 Å². The molecule has 0 radical (unpaired) electrons. The number of fused-ring (bicyclic) bond motifs is 1. The van der Waals surface area contributed by atoms with Gasteiger partial charge in [-0.1, -0.05) is 11.6 Å². The molecule has 0 bridgehead atoms. The molecule has 26 heavy (non-hydrogen) atoms. The van der Waals surface area contributed by atoms with Gasteiger partial charge in [0.1, 0.15) is 23.9 Å². The summed E-state index contributed by atoms with van der Waals surface area (Å²) in [5, 5.41) is 0.551. The van der Waals surface area contributed by atoms with Crippen molar-refractivity contribution in [2.24, 2.45) is 5.92 Å². The number of hydrogen-bond acceptors (Lipinski definition) is 5. The molecule has 3 rings (SSSR count). The van der Waals surface area contributed by atoms with Crippen LogP contribution in [-0.2, 0) is 16.0 Å². The zero-order valence-corrected chi connectivity index (χ0v) is 14.7. The molecule has 7 heteroatoms. The summed E-state index contributed by atoms with van der Waals surface area (Å²) in [6.07, 6.45) is 0.409. The van der Waals surface area contributed by atoms with Gasteiger partial charge in [0.25, 0.3) is 0 Å². The van der Waals surface area contributed by atoms with Gasteiger partial charge < -0.3 is 14.2 Å². The highest BCUT2D eigenvalue weighted by Crippen LogP contribution is 2.30. The number of benzene rings is 2. The normalized spacial score (nSPS) is 15.6. The maximum absolute atomic E-state index is 13.4. The molecule has 0 spiro atoms. The van der Waals surface area contributed by atoms with Gasteiger partial charge in [0, 0.05) is 5.02 Å². The summed E-state index contributed by atoms with van der Waals surface area (Å²) < 4.78 is 29.0. The molecule has 1 aliphatic heterocycles. The Bertz CT molecular complexity index is 852. The minimum absolute atomic E-state index is 0.0253. The molecule has 1 heterocycles. The molecule has 0 unspecified atom stereocenters. The second-order valence-corrected chi connectivity index (χ2v) is 6.28. The van der Waals surface area contributed by atoms with E-state index in [2.05, 4.69) is 0 Å². The molecule has 2 aromatic rings. The first kappa shape index (κ1) is 18.2. The monoisotopic (exact) mass is 378 g/mol. The summed E-state index contributed by atoms with van der Waals surface area (Å²) in [5.41, 5.74) is 0.834. The number of rotatable bonds is 5. The van der Waals surface area contributed by atoms with Gasteiger partial charge in [0.05, 0.1) is 18.6 Å². The molecule has 2 aromatic carbocycles. The number of Topliss-reactive ketones (excluding diaryl/α,β-unsaturated/α-hetero) is 1. The van der Waals surface area contributed by atoms with E-state index in [1.807, 2.05) is 0 Å². The Hall–Kier alpha value is -2.60. The van der Waals surface area contributed by atoms with E-state index in [0.717, 1.165) is 11.6 Å². The molecule has 0 aliphatic carbocycles. The second kappa shape index (κ2) is 7.74. The van der Waals surface area contributed by atoms with Crippen LogP contribution in [0.4, 0.5) is 4.39 Å². The van der Waals surface area contributed by atoms with Gasteiger partial charge in [0.15, 0.2) is 6.61 Å². The lowest BCUT2D eigenvalue weighted by Crippen LogP contribution is -2.31. The van der Waals surface area contributed by atoms with E-state index in [-0.39, 0.29) is 17.9 Å². The maximum Gasteiger partial charge on any atom is 0.313 e. The smallest absolute Gasteiger partial charge is 0.313 e. The fraction of sp³-hybridized carbons (Fsp3) is 0.263. The van der Waals surface area contributed by atoms with Crippen molar-refractivity contribution in [2.75, 3.05) is 20.3 Å². The number of ether oxygens (including phenoxy) is 3. The summed E-state index contributed by atoms with van der Waals surface area (Å²) in [6.45, 7) is -0.345. The van der Waals surface area contributed by atoms with E-state index in [0.29, 0.717) is 17.2 Å². The molecule has 0 aromatic heterocycles. The lowest BCUT2D eigenvalue weighted by Gasteiger charge is -2.24. The Morgan fingerprint density at radius 1 is 1.27 bits per heavy atom. The third kappa shape index (κ3) is 3.96. The Morgan fingerprint density at radius 2 is 2.08 bits per heavy atom. The van der Waals surface area contributed by atoms with Crippen molar-refractivity contribution in [1.29, 1.82) is 0 Å². The summed E-state index contributed by atoms with van der Waals surface area (Å²) in [7, 11) is 1.37. The van der Waals surface area contributed by atoms with E-state index < -0.39 is 30.1 Å². The molecular weight excluding hydrogens is 363 g/mol. The van der Waals surface area contributed by atoms with Crippen molar-refractivity contribution in [2.45, 2.75) is 6.42 Å². The highest BCUT2D eigenvalue weighted by atomic mass is 35.5. The average molecular weight is 379 g/mol. The van der Waals surface area contributed by atoms with Gasteiger partial charge in [-0.3, -0.25) is 9.59 Å². The number of ketones is 1. The predicted molar refractivity (Wildman–Crippen MR) is 92.4 cm³/mol. The van der Waals surface area contributed by atoms with E-state index in [4.69, 9.17) is 25.8 Å². The maximum atomic E-state index is 13.4. The molecule has 0 N–H and O–H groups in total. The molecule has 5 nitrogen and oxygen atoms in total.